The smallest absolute Gasteiger partial charge is 0.399 e. The Morgan fingerprint density at radius 2 is 2.25 bits per heavy atom. The molecule has 84 valence electrons. The molecule has 1 N–H and O–H groups in total. The number of benzene rings is 1. The van der Waals surface area contributed by atoms with Gasteiger partial charge in [0.1, 0.15) is 17.7 Å². The third kappa shape index (κ3) is 2.37. The van der Waals surface area contributed by atoms with Crippen LogP contribution in [0.4, 0.5) is 0 Å². The SMILES string of the molecule is CSc1ccccc1Oc1nc(CO)co1. The Hall–Kier alpha value is -1.46. The normalized spacial score (nSPS) is 10.4. The number of nitrogens with zero attached hydrogens (tertiary/aromatic N) is 1. The number of para-hydroxylation sites is 1. The quantitative estimate of drug-likeness (QED) is 0.828. The number of aromatic nitrogens is 1. The zero-order valence-corrected chi connectivity index (χ0v) is 9.53. The van der Waals surface area contributed by atoms with E-state index in [0.717, 1.165) is 4.90 Å². The molecule has 0 spiro atoms. The fourth-order valence-corrected chi connectivity index (χ4v) is 1.73. The Kier molecular flexibility index (Phi) is 3.48. The summed E-state index contributed by atoms with van der Waals surface area (Å²) in [6, 6.07) is 7.61. The van der Waals surface area contributed by atoms with Gasteiger partial charge in [-0.2, -0.15) is 4.98 Å². The van der Waals surface area contributed by atoms with Crippen LogP contribution in [0.1, 0.15) is 5.69 Å². The molecule has 0 bridgehead atoms. The maximum Gasteiger partial charge on any atom is 0.399 e. The minimum absolute atomic E-state index is 0.144. The van der Waals surface area contributed by atoms with Crippen LogP contribution in [0.25, 0.3) is 0 Å². The van der Waals surface area contributed by atoms with Crippen LogP contribution in [-0.2, 0) is 6.61 Å². The third-order valence-corrected chi connectivity index (χ3v) is 2.74. The van der Waals surface area contributed by atoms with Crippen LogP contribution in [0, 0.1) is 0 Å². The standard InChI is InChI=1S/C11H11NO3S/c1-16-10-5-3-2-4-9(10)15-11-12-8(6-13)7-14-11/h2-5,7,13H,6H2,1H3. The molecule has 0 aliphatic heterocycles. The first kappa shape index (κ1) is 11.0. The molecule has 1 heterocycles. The molecule has 0 aliphatic carbocycles. The fraction of sp³-hybridized carbons (Fsp3) is 0.182. The summed E-state index contributed by atoms with van der Waals surface area (Å²) in [6.07, 6.45) is 3.49. The minimum atomic E-state index is -0.156. The van der Waals surface area contributed by atoms with E-state index in [4.69, 9.17) is 14.3 Å². The monoisotopic (exact) mass is 237 g/mol. The summed E-state index contributed by atoms with van der Waals surface area (Å²) < 4.78 is 10.5. The first-order valence-electron chi connectivity index (χ1n) is 4.69. The van der Waals surface area contributed by atoms with Crippen molar-refractivity contribution >= 4 is 11.8 Å². The molecule has 0 atom stereocenters. The van der Waals surface area contributed by atoms with Gasteiger partial charge >= 0.3 is 6.08 Å². The topological polar surface area (TPSA) is 55.5 Å². The van der Waals surface area contributed by atoms with Crippen LogP contribution < -0.4 is 4.74 Å². The number of hydrogen-bond acceptors (Lipinski definition) is 5. The molecule has 4 nitrogen and oxygen atoms in total. The summed E-state index contributed by atoms with van der Waals surface area (Å²) in [5.74, 6) is 0.696. The summed E-state index contributed by atoms with van der Waals surface area (Å²) in [5, 5.41) is 8.84. The number of thioether (sulfide) groups is 1. The van der Waals surface area contributed by atoms with E-state index in [1.54, 1.807) is 11.8 Å². The number of aliphatic hydroxyl groups is 1. The van der Waals surface area contributed by atoms with E-state index < -0.39 is 0 Å². The van der Waals surface area contributed by atoms with Crippen LogP contribution in [-0.4, -0.2) is 16.3 Å². The third-order valence-electron chi connectivity index (χ3n) is 1.96. The lowest BCUT2D eigenvalue weighted by Crippen LogP contribution is -1.87. The first-order chi connectivity index (χ1) is 7.83. The molecule has 0 saturated carbocycles. The molecule has 5 heteroatoms. The molecular weight excluding hydrogens is 226 g/mol. The summed E-state index contributed by atoms with van der Waals surface area (Å²) in [7, 11) is 0. The fourth-order valence-electron chi connectivity index (χ4n) is 1.21. The molecule has 0 unspecified atom stereocenters. The number of oxazole rings is 1. The summed E-state index contributed by atoms with van der Waals surface area (Å²) >= 11 is 1.58. The zero-order valence-electron chi connectivity index (χ0n) is 8.71. The number of hydrogen-bond donors (Lipinski definition) is 1. The molecule has 16 heavy (non-hydrogen) atoms. The van der Waals surface area contributed by atoms with Crippen LogP contribution >= 0.6 is 11.8 Å². The molecule has 2 aromatic rings. The van der Waals surface area contributed by atoms with Crippen molar-refractivity contribution in [3.05, 3.63) is 36.2 Å². The molecule has 1 aromatic carbocycles. The molecule has 0 saturated heterocycles. The number of aliphatic hydroxyl groups excluding tert-OH is 1. The summed E-state index contributed by atoms with van der Waals surface area (Å²) in [4.78, 5) is 4.96. The van der Waals surface area contributed by atoms with Crippen LogP contribution in [0.15, 0.2) is 39.8 Å². The Balaban J connectivity index is 2.19. The molecule has 2 rings (SSSR count). The number of ether oxygens (including phenoxy) is 1. The average molecular weight is 237 g/mol. The van der Waals surface area contributed by atoms with Gasteiger partial charge in [-0.25, -0.2) is 0 Å². The van der Waals surface area contributed by atoms with E-state index in [1.165, 1.54) is 6.26 Å². The van der Waals surface area contributed by atoms with Crippen molar-refractivity contribution in [2.75, 3.05) is 6.26 Å². The Bertz CT molecular complexity index is 470. The van der Waals surface area contributed by atoms with Crippen molar-refractivity contribution in [3.63, 3.8) is 0 Å². The van der Waals surface area contributed by atoms with E-state index in [-0.39, 0.29) is 12.7 Å². The van der Waals surface area contributed by atoms with Gasteiger partial charge in [-0.15, -0.1) is 11.8 Å². The molecule has 0 aliphatic rings. The molecule has 1 aromatic heterocycles. The molecular formula is C11H11NO3S. The lowest BCUT2D eigenvalue weighted by atomic mass is 10.3. The van der Waals surface area contributed by atoms with Crippen LogP contribution in [0.2, 0.25) is 0 Å². The van der Waals surface area contributed by atoms with Crippen molar-refractivity contribution in [1.29, 1.82) is 0 Å². The van der Waals surface area contributed by atoms with E-state index in [9.17, 15) is 0 Å². The van der Waals surface area contributed by atoms with Crippen molar-refractivity contribution in [3.8, 4) is 11.8 Å². The lowest BCUT2D eigenvalue weighted by Gasteiger charge is -2.04. The van der Waals surface area contributed by atoms with Crippen LogP contribution in [0.3, 0.4) is 0 Å². The van der Waals surface area contributed by atoms with E-state index >= 15 is 0 Å². The van der Waals surface area contributed by atoms with Gasteiger partial charge in [0, 0.05) is 4.90 Å². The van der Waals surface area contributed by atoms with Gasteiger partial charge in [-0.1, -0.05) is 12.1 Å². The highest BCUT2D eigenvalue weighted by Crippen LogP contribution is 2.30. The van der Waals surface area contributed by atoms with Gasteiger partial charge < -0.3 is 14.3 Å². The van der Waals surface area contributed by atoms with Gasteiger partial charge in [0.15, 0.2) is 0 Å². The lowest BCUT2D eigenvalue weighted by molar-refractivity contribution is 0.276. The van der Waals surface area contributed by atoms with Crippen molar-refractivity contribution in [1.82, 2.24) is 4.98 Å². The number of rotatable bonds is 4. The van der Waals surface area contributed by atoms with Gasteiger partial charge in [0.25, 0.3) is 0 Å². The van der Waals surface area contributed by atoms with Gasteiger partial charge in [-0.3, -0.25) is 0 Å². The molecule has 0 amide bonds. The second-order valence-electron chi connectivity index (χ2n) is 3.02. The van der Waals surface area contributed by atoms with Crippen LogP contribution in [0.5, 0.6) is 11.8 Å². The first-order valence-corrected chi connectivity index (χ1v) is 5.92. The Morgan fingerprint density at radius 1 is 1.44 bits per heavy atom. The van der Waals surface area contributed by atoms with E-state index in [0.29, 0.717) is 11.4 Å². The summed E-state index contributed by atoms with van der Waals surface area (Å²) in [5.41, 5.74) is 0.455. The van der Waals surface area contributed by atoms with E-state index in [2.05, 4.69) is 4.98 Å². The average Bonchev–Trinajstić information content (AvgIpc) is 2.77. The second kappa shape index (κ2) is 5.05. The van der Waals surface area contributed by atoms with Crippen molar-refractivity contribution < 1.29 is 14.3 Å². The zero-order chi connectivity index (χ0) is 11.4. The highest BCUT2D eigenvalue weighted by atomic mass is 32.2. The maximum atomic E-state index is 8.84. The summed E-state index contributed by atoms with van der Waals surface area (Å²) in [6.45, 7) is -0.156. The highest BCUT2D eigenvalue weighted by Gasteiger charge is 2.08. The predicted octanol–water partition coefficient (Wildman–Crippen LogP) is 2.68. The minimum Gasteiger partial charge on any atom is -0.417 e. The highest BCUT2D eigenvalue weighted by molar-refractivity contribution is 7.98. The second-order valence-corrected chi connectivity index (χ2v) is 3.86. The molecule has 0 fully saturated rings. The maximum absolute atomic E-state index is 8.84. The van der Waals surface area contributed by atoms with Crippen molar-refractivity contribution in [2.45, 2.75) is 11.5 Å². The molecule has 0 radical (unpaired) electrons. The van der Waals surface area contributed by atoms with Crippen molar-refractivity contribution in [2.24, 2.45) is 0 Å². The van der Waals surface area contributed by atoms with Gasteiger partial charge in [0.2, 0.25) is 0 Å². The van der Waals surface area contributed by atoms with Gasteiger partial charge in [0.05, 0.1) is 6.61 Å². The van der Waals surface area contributed by atoms with E-state index in [1.807, 2.05) is 30.5 Å². The predicted molar refractivity (Wildman–Crippen MR) is 60.7 cm³/mol. The Morgan fingerprint density at radius 3 is 2.94 bits per heavy atom. The Labute approximate surface area is 97.3 Å². The largest absolute Gasteiger partial charge is 0.417 e. The van der Waals surface area contributed by atoms with Gasteiger partial charge in [-0.05, 0) is 18.4 Å².